The van der Waals surface area contributed by atoms with Gasteiger partial charge in [-0.2, -0.15) is 0 Å². The summed E-state index contributed by atoms with van der Waals surface area (Å²) in [6.07, 6.45) is -0.915. The van der Waals surface area contributed by atoms with Crippen LogP contribution in [0, 0.1) is 11.7 Å². The largest absolute Gasteiger partial charge is 0.459 e. The molecule has 2 N–H and O–H groups in total. The lowest BCUT2D eigenvalue weighted by Crippen LogP contribution is -2.50. The topological polar surface area (TPSA) is 80.6 Å². The number of fused-ring (bicyclic) bond motifs is 1. The Balaban J connectivity index is 2.07. The van der Waals surface area contributed by atoms with Gasteiger partial charge in [0.1, 0.15) is 23.2 Å². The van der Waals surface area contributed by atoms with Crippen LogP contribution >= 0.6 is 0 Å². The molecule has 2 aromatic rings. The number of nitrogens with one attached hydrogen (secondary N) is 2. The van der Waals surface area contributed by atoms with Crippen LogP contribution in [0.4, 0.5) is 9.18 Å². The van der Waals surface area contributed by atoms with E-state index in [0.717, 1.165) is 0 Å². The van der Waals surface area contributed by atoms with E-state index >= 15 is 0 Å². The number of hydrogen-bond acceptors (Lipinski definition) is 4. The minimum Gasteiger partial charge on any atom is -0.459 e. The van der Waals surface area contributed by atoms with Gasteiger partial charge in [-0.1, -0.05) is 13.8 Å². The molecule has 26 heavy (non-hydrogen) atoms. The van der Waals surface area contributed by atoms with Gasteiger partial charge >= 0.3 is 6.09 Å². The van der Waals surface area contributed by atoms with Crippen molar-refractivity contribution in [2.45, 2.75) is 52.8 Å². The van der Waals surface area contributed by atoms with E-state index in [4.69, 9.17) is 9.15 Å². The maximum Gasteiger partial charge on any atom is 0.408 e. The Morgan fingerprint density at radius 1 is 1.08 bits per heavy atom. The molecule has 0 aliphatic rings. The molecule has 7 heteroatoms. The summed E-state index contributed by atoms with van der Waals surface area (Å²) in [5.41, 5.74) is 0.543. The smallest absolute Gasteiger partial charge is 0.408 e. The number of carbonyl (C=O) groups is 2. The Morgan fingerprint density at radius 2 is 1.77 bits per heavy atom. The van der Waals surface area contributed by atoms with Gasteiger partial charge in [-0.15, -0.1) is 0 Å². The highest BCUT2D eigenvalue weighted by Gasteiger charge is 2.27. The second kappa shape index (κ2) is 8.21. The summed E-state index contributed by atoms with van der Waals surface area (Å²) in [7, 11) is 0. The Labute approximate surface area is 152 Å². The maximum atomic E-state index is 13.3. The van der Waals surface area contributed by atoms with Gasteiger partial charge in [0, 0.05) is 5.39 Å². The molecular weight excluding hydrogens is 339 g/mol. The lowest BCUT2D eigenvalue weighted by molar-refractivity contribution is -0.124. The highest BCUT2D eigenvalue weighted by Crippen LogP contribution is 2.24. The molecule has 0 radical (unpaired) electrons. The molecule has 142 valence electrons. The quantitative estimate of drug-likeness (QED) is 0.814. The highest BCUT2D eigenvalue weighted by atomic mass is 19.1. The third-order valence-corrected chi connectivity index (χ3v) is 3.85. The first kappa shape index (κ1) is 19.8. The Hall–Kier alpha value is -2.57. The third-order valence-electron chi connectivity index (χ3n) is 3.85. The number of ether oxygens (including phenoxy) is 1. The zero-order chi connectivity index (χ0) is 19.4. The number of hydrogen-bond donors (Lipinski definition) is 2. The number of amides is 2. The van der Waals surface area contributed by atoms with Gasteiger partial charge in [0.2, 0.25) is 5.91 Å². The molecule has 0 saturated heterocycles. The van der Waals surface area contributed by atoms with Crippen LogP contribution in [0.15, 0.2) is 28.7 Å². The lowest BCUT2D eigenvalue weighted by Gasteiger charge is -2.23. The van der Waals surface area contributed by atoms with E-state index in [9.17, 15) is 14.0 Å². The van der Waals surface area contributed by atoms with Crippen LogP contribution in [0.3, 0.4) is 0 Å². The first-order chi connectivity index (χ1) is 12.2. The van der Waals surface area contributed by atoms with Crippen molar-refractivity contribution < 1.29 is 23.1 Å². The van der Waals surface area contributed by atoms with Gasteiger partial charge in [-0.25, -0.2) is 9.18 Å². The first-order valence-electron chi connectivity index (χ1n) is 8.64. The van der Waals surface area contributed by atoms with Crippen LogP contribution in [0.25, 0.3) is 11.0 Å². The lowest BCUT2D eigenvalue weighted by atomic mass is 10.0. The van der Waals surface area contributed by atoms with E-state index in [1.54, 1.807) is 32.9 Å². The van der Waals surface area contributed by atoms with E-state index in [-0.39, 0.29) is 23.7 Å². The zero-order valence-electron chi connectivity index (χ0n) is 15.6. The number of alkyl carbamates (subject to hydrolysis) is 1. The number of carbonyl (C=O) groups excluding carboxylic acids is 2. The molecule has 2 amide bonds. The van der Waals surface area contributed by atoms with Crippen molar-refractivity contribution in [1.82, 2.24) is 10.6 Å². The summed E-state index contributed by atoms with van der Waals surface area (Å²) in [6, 6.07) is 4.74. The monoisotopic (exact) mass is 364 g/mol. The van der Waals surface area contributed by atoms with E-state index in [1.807, 2.05) is 13.8 Å². The fourth-order valence-electron chi connectivity index (χ4n) is 2.53. The molecular formula is C19H25FN2O4. The SMILES string of the molecule is CC(C)OC(=O)N[C@H](C(=O)NC(C)c1cc2cc(F)ccc2o1)C(C)C. The molecule has 2 atom stereocenters. The van der Waals surface area contributed by atoms with E-state index in [1.165, 1.54) is 12.1 Å². The minimum absolute atomic E-state index is 0.133. The van der Waals surface area contributed by atoms with E-state index in [0.29, 0.717) is 16.7 Å². The van der Waals surface area contributed by atoms with Gasteiger partial charge in [0.25, 0.3) is 0 Å². The minimum atomic E-state index is -0.745. The van der Waals surface area contributed by atoms with Gasteiger partial charge in [-0.05, 0) is 51.0 Å². The molecule has 0 bridgehead atoms. The van der Waals surface area contributed by atoms with Crippen molar-refractivity contribution in [3.8, 4) is 0 Å². The highest BCUT2D eigenvalue weighted by molar-refractivity contribution is 5.86. The average molecular weight is 364 g/mol. The summed E-state index contributed by atoms with van der Waals surface area (Å²) < 4.78 is 24.0. The summed E-state index contributed by atoms with van der Waals surface area (Å²) in [5.74, 6) is -0.327. The molecule has 1 aromatic heterocycles. The molecule has 0 fully saturated rings. The molecule has 1 heterocycles. The van der Waals surface area contributed by atoms with Crippen molar-refractivity contribution in [3.63, 3.8) is 0 Å². The Morgan fingerprint density at radius 3 is 2.38 bits per heavy atom. The van der Waals surface area contributed by atoms with Crippen molar-refractivity contribution in [2.24, 2.45) is 5.92 Å². The van der Waals surface area contributed by atoms with Crippen molar-refractivity contribution in [1.29, 1.82) is 0 Å². The molecule has 1 aromatic carbocycles. The van der Waals surface area contributed by atoms with Gasteiger partial charge < -0.3 is 19.8 Å². The van der Waals surface area contributed by atoms with Crippen LogP contribution in [0.1, 0.15) is 46.4 Å². The Bertz CT molecular complexity index is 785. The van der Waals surface area contributed by atoms with Crippen LogP contribution < -0.4 is 10.6 Å². The van der Waals surface area contributed by atoms with Crippen LogP contribution in [-0.4, -0.2) is 24.1 Å². The molecule has 1 unspecified atom stereocenters. The summed E-state index contributed by atoms with van der Waals surface area (Å²) in [6.45, 7) is 8.88. The van der Waals surface area contributed by atoms with Gasteiger partial charge in [0.05, 0.1) is 12.1 Å². The Kier molecular flexibility index (Phi) is 6.23. The summed E-state index contributed by atoms with van der Waals surface area (Å²) >= 11 is 0. The molecule has 0 spiro atoms. The van der Waals surface area contributed by atoms with Crippen molar-refractivity contribution in [2.75, 3.05) is 0 Å². The van der Waals surface area contributed by atoms with Crippen LogP contribution in [0.2, 0.25) is 0 Å². The second-order valence-electron chi connectivity index (χ2n) is 6.88. The number of rotatable bonds is 6. The summed E-state index contributed by atoms with van der Waals surface area (Å²) in [4.78, 5) is 24.4. The summed E-state index contributed by atoms with van der Waals surface area (Å²) in [5, 5.41) is 6.03. The fourth-order valence-corrected chi connectivity index (χ4v) is 2.53. The predicted octanol–water partition coefficient (Wildman–Crippen LogP) is 3.91. The molecule has 0 aliphatic carbocycles. The van der Waals surface area contributed by atoms with E-state index in [2.05, 4.69) is 10.6 Å². The molecule has 6 nitrogen and oxygen atoms in total. The molecule has 0 saturated carbocycles. The zero-order valence-corrected chi connectivity index (χ0v) is 15.6. The average Bonchev–Trinajstić information content (AvgIpc) is 2.94. The predicted molar refractivity (Wildman–Crippen MR) is 96.1 cm³/mol. The number of halogens is 1. The molecule has 0 aliphatic heterocycles. The molecule has 2 rings (SSSR count). The third kappa shape index (κ3) is 4.97. The standard InChI is InChI=1S/C19H25FN2O4/c1-10(2)17(22-19(24)25-11(3)4)18(23)21-12(5)16-9-13-8-14(20)6-7-15(13)26-16/h6-12,17H,1-5H3,(H,21,23)(H,22,24)/t12?,17-/m0/s1. The van der Waals surface area contributed by atoms with Crippen LogP contribution in [-0.2, 0) is 9.53 Å². The maximum absolute atomic E-state index is 13.3. The van der Waals surface area contributed by atoms with Gasteiger partial charge in [-0.3, -0.25) is 4.79 Å². The normalized spacial score (nSPS) is 13.7. The van der Waals surface area contributed by atoms with Crippen molar-refractivity contribution >= 4 is 23.0 Å². The second-order valence-corrected chi connectivity index (χ2v) is 6.88. The van der Waals surface area contributed by atoms with Gasteiger partial charge in [0.15, 0.2) is 0 Å². The van der Waals surface area contributed by atoms with Crippen LogP contribution in [0.5, 0.6) is 0 Å². The van der Waals surface area contributed by atoms with Crippen molar-refractivity contribution in [3.05, 3.63) is 35.8 Å². The number of benzene rings is 1. The fraction of sp³-hybridized carbons (Fsp3) is 0.474. The van der Waals surface area contributed by atoms with E-state index < -0.39 is 18.2 Å². The number of furan rings is 1. The first-order valence-corrected chi connectivity index (χ1v) is 8.64.